The molecule has 3 aromatic carbocycles. The summed E-state index contributed by atoms with van der Waals surface area (Å²) in [6.45, 7) is 0. The third-order valence-electron chi connectivity index (χ3n) is 4.02. The van der Waals surface area contributed by atoms with Crippen molar-refractivity contribution in [1.29, 1.82) is 0 Å². The lowest BCUT2D eigenvalue weighted by atomic mass is 9.95. The summed E-state index contributed by atoms with van der Waals surface area (Å²) in [4.78, 5) is 14.4. The zero-order valence-corrected chi connectivity index (χ0v) is 12.4. The minimum absolute atomic E-state index is 0.198. The number of hydrogen-bond acceptors (Lipinski definition) is 2. The van der Waals surface area contributed by atoms with Gasteiger partial charge in [-0.15, -0.1) is 0 Å². The predicted octanol–water partition coefficient (Wildman–Crippen LogP) is 4.80. The van der Waals surface area contributed by atoms with E-state index in [1.165, 1.54) is 0 Å². The van der Waals surface area contributed by atoms with Crippen LogP contribution in [0.3, 0.4) is 0 Å². The summed E-state index contributed by atoms with van der Waals surface area (Å²) in [7, 11) is 0. The van der Waals surface area contributed by atoms with Gasteiger partial charge in [0.25, 0.3) is 0 Å². The first kappa shape index (κ1) is 13.6. The van der Waals surface area contributed by atoms with E-state index in [4.69, 9.17) is 4.74 Å². The molecule has 1 unspecified atom stereocenters. The minimum atomic E-state index is -0.358. The molecule has 4 rings (SSSR count). The summed E-state index contributed by atoms with van der Waals surface area (Å²) in [5.41, 5.74) is 2.86. The molecule has 3 nitrogen and oxygen atoms in total. The molecule has 0 saturated heterocycles. The van der Waals surface area contributed by atoms with Crippen LogP contribution in [0.25, 0.3) is 0 Å². The van der Waals surface area contributed by atoms with Gasteiger partial charge in [0.2, 0.25) is 0 Å². The fraction of sp³-hybridized carbons (Fsp3) is 0.0500. The lowest BCUT2D eigenvalue weighted by Gasteiger charge is -2.36. The molecule has 1 amide bonds. The lowest BCUT2D eigenvalue weighted by Crippen LogP contribution is -2.41. The number of fused-ring (bicyclic) bond motifs is 1. The highest BCUT2D eigenvalue weighted by Gasteiger charge is 2.36. The number of carbonyl (C=O) groups excluding carboxylic acids is 1. The van der Waals surface area contributed by atoms with E-state index in [9.17, 15) is 4.79 Å². The van der Waals surface area contributed by atoms with Gasteiger partial charge in [-0.25, -0.2) is 4.79 Å². The first-order valence-electron chi connectivity index (χ1n) is 7.54. The number of hydrogen-bond donors (Lipinski definition) is 0. The highest BCUT2D eigenvalue weighted by atomic mass is 16.6. The molecule has 0 spiro atoms. The van der Waals surface area contributed by atoms with Gasteiger partial charge in [0, 0.05) is 11.3 Å². The van der Waals surface area contributed by atoms with E-state index in [1.807, 2.05) is 84.9 Å². The van der Waals surface area contributed by atoms with Gasteiger partial charge in [-0.2, -0.15) is 0 Å². The van der Waals surface area contributed by atoms with Crippen molar-refractivity contribution in [3.63, 3.8) is 0 Å². The average Bonchev–Trinajstić information content (AvgIpc) is 2.62. The second kappa shape index (κ2) is 5.61. The molecule has 1 heterocycles. The van der Waals surface area contributed by atoms with Crippen molar-refractivity contribution in [2.24, 2.45) is 0 Å². The van der Waals surface area contributed by atoms with E-state index in [2.05, 4.69) is 0 Å². The van der Waals surface area contributed by atoms with E-state index in [1.54, 1.807) is 4.90 Å². The zero-order valence-electron chi connectivity index (χ0n) is 12.4. The van der Waals surface area contributed by atoms with Crippen LogP contribution >= 0.6 is 0 Å². The molecule has 0 N–H and O–H groups in total. The Balaban J connectivity index is 1.92. The molecule has 1 aliphatic rings. The molecular weight excluding hydrogens is 286 g/mol. The van der Waals surface area contributed by atoms with Gasteiger partial charge >= 0.3 is 6.09 Å². The number of para-hydroxylation sites is 2. The molecule has 3 aromatic rings. The van der Waals surface area contributed by atoms with E-state index in [0.29, 0.717) is 5.75 Å². The molecule has 23 heavy (non-hydrogen) atoms. The number of anilines is 1. The summed E-state index contributed by atoms with van der Waals surface area (Å²) in [6.07, 6.45) is -0.358. The summed E-state index contributed by atoms with van der Waals surface area (Å²) >= 11 is 0. The van der Waals surface area contributed by atoms with E-state index < -0.39 is 0 Å². The quantitative estimate of drug-likeness (QED) is 0.680. The van der Waals surface area contributed by atoms with E-state index >= 15 is 0 Å². The van der Waals surface area contributed by atoms with Gasteiger partial charge in [0.15, 0.2) is 0 Å². The maximum absolute atomic E-state index is 12.6. The largest absolute Gasteiger partial charge is 0.420 e. The van der Waals surface area contributed by atoms with Crippen molar-refractivity contribution in [2.75, 3.05) is 4.90 Å². The van der Waals surface area contributed by atoms with Crippen LogP contribution in [0.15, 0.2) is 84.9 Å². The van der Waals surface area contributed by atoms with Gasteiger partial charge < -0.3 is 4.74 Å². The van der Waals surface area contributed by atoms with Crippen molar-refractivity contribution in [3.8, 4) is 5.75 Å². The third-order valence-corrected chi connectivity index (χ3v) is 4.02. The van der Waals surface area contributed by atoms with Gasteiger partial charge in [-0.3, -0.25) is 4.90 Å². The van der Waals surface area contributed by atoms with Crippen molar-refractivity contribution >= 4 is 11.8 Å². The fourth-order valence-electron chi connectivity index (χ4n) is 2.99. The van der Waals surface area contributed by atoms with Crippen molar-refractivity contribution in [3.05, 3.63) is 96.1 Å². The average molecular weight is 301 g/mol. The van der Waals surface area contributed by atoms with Crippen LogP contribution in [0.5, 0.6) is 5.75 Å². The predicted molar refractivity (Wildman–Crippen MR) is 89.7 cm³/mol. The van der Waals surface area contributed by atoms with Crippen LogP contribution in [-0.4, -0.2) is 6.09 Å². The van der Waals surface area contributed by atoms with Gasteiger partial charge in [0.1, 0.15) is 5.75 Å². The van der Waals surface area contributed by atoms with Crippen molar-refractivity contribution in [1.82, 2.24) is 0 Å². The van der Waals surface area contributed by atoms with Gasteiger partial charge in [-0.1, -0.05) is 66.7 Å². The number of benzene rings is 3. The van der Waals surface area contributed by atoms with E-state index in [-0.39, 0.29) is 12.1 Å². The van der Waals surface area contributed by atoms with Gasteiger partial charge in [0.05, 0.1) is 6.04 Å². The monoisotopic (exact) mass is 301 g/mol. The molecule has 0 bridgehead atoms. The lowest BCUT2D eigenvalue weighted by molar-refractivity contribution is 0.200. The van der Waals surface area contributed by atoms with Crippen molar-refractivity contribution < 1.29 is 9.53 Å². The summed E-state index contributed by atoms with van der Waals surface area (Å²) in [5, 5.41) is 0. The first-order valence-corrected chi connectivity index (χ1v) is 7.54. The Labute approximate surface area is 134 Å². The molecule has 0 fully saturated rings. The Bertz CT molecular complexity index is 831. The fourth-order valence-corrected chi connectivity index (χ4v) is 2.99. The smallest absolute Gasteiger partial charge is 0.410 e. The Morgan fingerprint density at radius 1 is 0.739 bits per heavy atom. The maximum atomic E-state index is 12.6. The van der Waals surface area contributed by atoms with Crippen LogP contribution < -0.4 is 9.64 Å². The van der Waals surface area contributed by atoms with Crippen LogP contribution in [0, 0.1) is 0 Å². The Morgan fingerprint density at radius 3 is 2.09 bits per heavy atom. The minimum Gasteiger partial charge on any atom is -0.410 e. The second-order valence-corrected chi connectivity index (χ2v) is 5.42. The Hall–Kier alpha value is -3.07. The molecule has 3 heteroatoms. The molecule has 0 radical (unpaired) electrons. The number of nitrogens with zero attached hydrogens (tertiary/aromatic N) is 1. The second-order valence-electron chi connectivity index (χ2n) is 5.42. The third kappa shape index (κ3) is 2.36. The Morgan fingerprint density at radius 2 is 1.35 bits per heavy atom. The normalized spacial score (nSPS) is 16.6. The summed E-state index contributed by atoms with van der Waals surface area (Å²) < 4.78 is 5.54. The molecule has 1 aliphatic heterocycles. The summed E-state index contributed by atoms with van der Waals surface area (Å²) in [5.74, 6) is 0.624. The molecular formula is C20H15NO2. The molecule has 112 valence electrons. The van der Waals surface area contributed by atoms with E-state index in [0.717, 1.165) is 16.8 Å². The summed E-state index contributed by atoms with van der Waals surface area (Å²) in [6, 6.07) is 27.1. The number of amides is 1. The highest BCUT2D eigenvalue weighted by Crippen LogP contribution is 2.41. The molecule has 0 aliphatic carbocycles. The van der Waals surface area contributed by atoms with Crippen LogP contribution in [-0.2, 0) is 0 Å². The van der Waals surface area contributed by atoms with Crippen molar-refractivity contribution in [2.45, 2.75) is 6.04 Å². The Kier molecular flexibility index (Phi) is 3.31. The van der Waals surface area contributed by atoms with Gasteiger partial charge in [-0.05, 0) is 23.8 Å². The number of ether oxygens (including phenoxy) is 1. The SMILES string of the molecule is O=C1Oc2ccccc2C(c2ccccc2)N1c1ccccc1. The molecule has 0 aromatic heterocycles. The highest BCUT2D eigenvalue weighted by molar-refractivity contribution is 5.93. The topological polar surface area (TPSA) is 29.5 Å². The number of rotatable bonds is 2. The standard InChI is InChI=1S/C20H15NO2/c22-20-21(16-11-5-2-6-12-16)19(15-9-3-1-4-10-15)17-13-7-8-14-18(17)23-20/h1-14,19H. The number of carbonyl (C=O) groups is 1. The molecule has 0 saturated carbocycles. The van der Waals surface area contributed by atoms with Crippen LogP contribution in [0.1, 0.15) is 17.2 Å². The zero-order chi connectivity index (χ0) is 15.6. The first-order chi connectivity index (χ1) is 11.3. The maximum Gasteiger partial charge on any atom is 0.420 e. The van der Waals surface area contributed by atoms with Crippen LogP contribution in [0.2, 0.25) is 0 Å². The van der Waals surface area contributed by atoms with Crippen LogP contribution in [0.4, 0.5) is 10.5 Å². The molecule has 1 atom stereocenters.